The SMILES string of the molecule is COc1cccc(CN2CCCC(C)(O)C2)c1F. The molecule has 1 heterocycles. The molecule has 0 bridgehead atoms. The lowest BCUT2D eigenvalue weighted by Gasteiger charge is -2.36. The highest BCUT2D eigenvalue weighted by molar-refractivity contribution is 5.31. The summed E-state index contributed by atoms with van der Waals surface area (Å²) < 4.78 is 19.0. The Hall–Kier alpha value is -1.13. The maximum absolute atomic E-state index is 14.0. The average molecular weight is 253 g/mol. The van der Waals surface area contributed by atoms with Crippen molar-refractivity contribution < 1.29 is 14.2 Å². The van der Waals surface area contributed by atoms with Crippen molar-refractivity contribution in [3.8, 4) is 5.75 Å². The summed E-state index contributed by atoms with van der Waals surface area (Å²) in [5.41, 5.74) is -0.0415. The second kappa shape index (κ2) is 5.24. The van der Waals surface area contributed by atoms with E-state index < -0.39 is 5.60 Å². The lowest BCUT2D eigenvalue weighted by molar-refractivity contribution is -0.0184. The first-order chi connectivity index (χ1) is 8.52. The van der Waals surface area contributed by atoms with Gasteiger partial charge in [0.25, 0.3) is 0 Å². The molecule has 4 heteroatoms. The Bertz CT molecular complexity index is 420. The molecule has 1 saturated heterocycles. The summed E-state index contributed by atoms with van der Waals surface area (Å²) in [5.74, 6) is -0.0264. The van der Waals surface area contributed by atoms with Crippen LogP contribution in [0.2, 0.25) is 0 Å². The number of ether oxygens (including phenoxy) is 1. The van der Waals surface area contributed by atoms with Crippen LogP contribution < -0.4 is 4.74 Å². The maximum atomic E-state index is 14.0. The molecule has 0 amide bonds. The van der Waals surface area contributed by atoms with Gasteiger partial charge >= 0.3 is 0 Å². The predicted molar refractivity (Wildman–Crippen MR) is 68.1 cm³/mol. The van der Waals surface area contributed by atoms with Crippen LogP contribution in [0.3, 0.4) is 0 Å². The number of nitrogens with zero attached hydrogens (tertiary/aromatic N) is 1. The minimum Gasteiger partial charge on any atom is -0.494 e. The Balaban J connectivity index is 2.09. The molecule has 3 nitrogen and oxygen atoms in total. The number of hydrogen-bond acceptors (Lipinski definition) is 3. The van der Waals surface area contributed by atoms with E-state index in [1.807, 2.05) is 6.92 Å². The first kappa shape index (κ1) is 13.3. The van der Waals surface area contributed by atoms with E-state index in [0.717, 1.165) is 19.4 Å². The fraction of sp³-hybridized carbons (Fsp3) is 0.571. The van der Waals surface area contributed by atoms with Crippen molar-refractivity contribution in [1.29, 1.82) is 0 Å². The van der Waals surface area contributed by atoms with Crippen LogP contribution in [0.4, 0.5) is 4.39 Å². The van der Waals surface area contributed by atoms with Crippen LogP contribution in [0.15, 0.2) is 18.2 Å². The van der Waals surface area contributed by atoms with Crippen LogP contribution in [-0.4, -0.2) is 35.8 Å². The molecule has 18 heavy (non-hydrogen) atoms. The van der Waals surface area contributed by atoms with Crippen molar-refractivity contribution in [2.45, 2.75) is 31.9 Å². The number of aliphatic hydroxyl groups is 1. The molecule has 0 aliphatic carbocycles. The molecule has 1 fully saturated rings. The van der Waals surface area contributed by atoms with E-state index in [1.165, 1.54) is 7.11 Å². The van der Waals surface area contributed by atoms with Crippen molar-refractivity contribution in [1.82, 2.24) is 4.90 Å². The third kappa shape index (κ3) is 3.00. The van der Waals surface area contributed by atoms with Crippen LogP contribution in [0.5, 0.6) is 5.75 Å². The minimum atomic E-state index is -0.659. The van der Waals surface area contributed by atoms with E-state index in [9.17, 15) is 9.50 Å². The predicted octanol–water partition coefficient (Wildman–Crippen LogP) is 2.18. The molecule has 1 unspecified atom stereocenters. The second-order valence-electron chi connectivity index (χ2n) is 5.24. The summed E-state index contributed by atoms with van der Waals surface area (Å²) in [6.07, 6.45) is 1.75. The smallest absolute Gasteiger partial charge is 0.169 e. The number of β-amino-alcohol motifs (C(OH)–C–C–N with tert-alkyl or cyclic N) is 1. The van der Waals surface area contributed by atoms with E-state index in [0.29, 0.717) is 18.7 Å². The molecule has 1 aromatic carbocycles. The summed E-state index contributed by atoms with van der Waals surface area (Å²) in [7, 11) is 1.47. The van der Waals surface area contributed by atoms with Crippen LogP contribution in [0.25, 0.3) is 0 Å². The molecule has 1 aliphatic heterocycles. The van der Waals surface area contributed by atoms with Gasteiger partial charge in [0.2, 0.25) is 0 Å². The molecule has 1 aromatic rings. The van der Waals surface area contributed by atoms with Crippen LogP contribution in [-0.2, 0) is 6.54 Å². The standard InChI is InChI=1S/C14H20FNO2/c1-14(17)7-4-8-16(10-14)9-11-5-3-6-12(18-2)13(11)15/h3,5-6,17H,4,7-10H2,1-2H3. The zero-order valence-corrected chi connectivity index (χ0v) is 10.9. The highest BCUT2D eigenvalue weighted by Crippen LogP contribution is 2.25. The Morgan fingerprint density at radius 1 is 1.50 bits per heavy atom. The number of rotatable bonds is 3. The number of hydrogen-bond donors (Lipinski definition) is 1. The van der Waals surface area contributed by atoms with Gasteiger partial charge in [-0.15, -0.1) is 0 Å². The minimum absolute atomic E-state index is 0.274. The van der Waals surface area contributed by atoms with E-state index in [1.54, 1.807) is 18.2 Å². The summed E-state index contributed by atoms with van der Waals surface area (Å²) >= 11 is 0. The van der Waals surface area contributed by atoms with E-state index in [4.69, 9.17) is 4.74 Å². The molecule has 1 aliphatic rings. The third-order valence-corrected chi connectivity index (χ3v) is 3.41. The number of piperidine rings is 1. The number of methoxy groups -OCH3 is 1. The monoisotopic (exact) mass is 253 g/mol. The van der Waals surface area contributed by atoms with Gasteiger partial charge in [0, 0.05) is 18.7 Å². The number of likely N-dealkylation sites (tertiary alicyclic amines) is 1. The Kier molecular flexibility index (Phi) is 3.88. The first-order valence-electron chi connectivity index (χ1n) is 6.28. The lowest BCUT2D eigenvalue weighted by atomic mass is 9.95. The molecule has 100 valence electrons. The number of benzene rings is 1. The van der Waals surface area contributed by atoms with Gasteiger partial charge in [-0.25, -0.2) is 4.39 Å². The average Bonchev–Trinajstić information content (AvgIpc) is 2.31. The lowest BCUT2D eigenvalue weighted by Crippen LogP contribution is -2.45. The van der Waals surface area contributed by atoms with Crippen molar-refractivity contribution in [3.63, 3.8) is 0 Å². The van der Waals surface area contributed by atoms with Gasteiger partial charge in [0.15, 0.2) is 11.6 Å². The normalized spacial score (nSPS) is 25.1. The summed E-state index contributed by atoms with van der Waals surface area (Å²) in [6.45, 7) is 3.83. The Morgan fingerprint density at radius 3 is 2.94 bits per heavy atom. The fourth-order valence-corrected chi connectivity index (χ4v) is 2.54. The molecule has 0 aromatic heterocycles. The van der Waals surface area contributed by atoms with Crippen molar-refractivity contribution in [2.24, 2.45) is 0 Å². The van der Waals surface area contributed by atoms with E-state index >= 15 is 0 Å². The molecule has 0 spiro atoms. The van der Waals surface area contributed by atoms with E-state index in [2.05, 4.69) is 4.90 Å². The van der Waals surface area contributed by atoms with E-state index in [-0.39, 0.29) is 11.6 Å². The van der Waals surface area contributed by atoms with Crippen molar-refractivity contribution in [2.75, 3.05) is 20.2 Å². The zero-order valence-electron chi connectivity index (χ0n) is 10.9. The topological polar surface area (TPSA) is 32.7 Å². The fourth-order valence-electron chi connectivity index (χ4n) is 2.54. The summed E-state index contributed by atoms with van der Waals surface area (Å²) in [5, 5.41) is 10.0. The molecule has 0 saturated carbocycles. The Morgan fingerprint density at radius 2 is 2.28 bits per heavy atom. The highest BCUT2D eigenvalue weighted by Gasteiger charge is 2.28. The molecule has 0 radical (unpaired) electrons. The highest BCUT2D eigenvalue weighted by atomic mass is 19.1. The molecule has 1 N–H and O–H groups in total. The molecular formula is C14H20FNO2. The summed E-state index contributed by atoms with van der Waals surface area (Å²) in [6, 6.07) is 5.17. The van der Waals surface area contributed by atoms with Gasteiger partial charge in [-0.05, 0) is 32.4 Å². The number of halogens is 1. The van der Waals surface area contributed by atoms with Gasteiger partial charge in [-0.3, -0.25) is 4.90 Å². The second-order valence-corrected chi connectivity index (χ2v) is 5.24. The third-order valence-electron chi connectivity index (χ3n) is 3.41. The first-order valence-corrected chi connectivity index (χ1v) is 6.28. The van der Waals surface area contributed by atoms with Crippen LogP contribution in [0, 0.1) is 5.82 Å². The van der Waals surface area contributed by atoms with Crippen molar-refractivity contribution in [3.05, 3.63) is 29.6 Å². The molecule has 2 rings (SSSR count). The van der Waals surface area contributed by atoms with Crippen LogP contribution in [0.1, 0.15) is 25.3 Å². The van der Waals surface area contributed by atoms with Gasteiger partial charge in [-0.1, -0.05) is 12.1 Å². The maximum Gasteiger partial charge on any atom is 0.169 e. The van der Waals surface area contributed by atoms with Gasteiger partial charge in [0.1, 0.15) is 0 Å². The summed E-state index contributed by atoms with van der Waals surface area (Å²) in [4.78, 5) is 2.08. The van der Waals surface area contributed by atoms with Crippen LogP contribution >= 0.6 is 0 Å². The van der Waals surface area contributed by atoms with Gasteiger partial charge < -0.3 is 9.84 Å². The molecule has 1 atom stereocenters. The Labute approximate surface area is 107 Å². The van der Waals surface area contributed by atoms with Gasteiger partial charge in [0.05, 0.1) is 12.7 Å². The zero-order chi connectivity index (χ0) is 13.2. The molecular weight excluding hydrogens is 233 g/mol. The largest absolute Gasteiger partial charge is 0.494 e. The van der Waals surface area contributed by atoms with Gasteiger partial charge in [-0.2, -0.15) is 0 Å². The quantitative estimate of drug-likeness (QED) is 0.896. The van der Waals surface area contributed by atoms with Crippen molar-refractivity contribution >= 4 is 0 Å².